The number of phenols is 1. The van der Waals surface area contributed by atoms with Crippen molar-refractivity contribution in [2.24, 2.45) is 0 Å². The van der Waals surface area contributed by atoms with Crippen molar-refractivity contribution in [2.75, 3.05) is 18.4 Å². The Balaban J connectivity index is 2.08. The van der Waals surface area contributed by atoms with Crippen molar-refractivity contribution in [3.63, 3.8) is 0 Å². The zero-order valence-electron chi connectivity index (χ0n) is 13.3. The highest BCUT2D eigenvalue weighted by atomic mass is 16.3. The van der Waals surface area contributed by atoms with E-state index in [4.69, 9.17) is 0 Å². The van der Waals surface area contributed by atoms with Gasteiger partial charge in [-0.25, -0.2) is 4.98 Å². The Labute approximate surface area is 126 Å². The third-order valence-electron chi connectivity index (χ3n) is 3.74. The zero-order valence-corrected chi connectivity index (χ0v) is 13.3. The third-order valence-corrected chi connectivity index (χ3v) is 3.74. The van der Waals surface area contributed by atoms with Crippen molar-refractivity contribution in [3.05, 3.63) is 30.5 Å². The number of pyridine rings is 1. The van der Waals surface area contributed by atoms with Crippen LogP contribution in [0.3, 0.4) is 0 Å². The molecular weight excluding hydrogens is 262 g/mol. The van der Waals surface area contributed by atoms with Crippen LogP contribution >= 0.6 is 0 Å². The normalized spacial score (nSPS) is 11.8. The minimum absolute atomic E-state index is 0.268. The van der Waals surface area contributed by atoms with Crippen LogP contribution in [0.25, 0.3) is 10.8 Å². The van der Waals surface area contributed by atoms with Gasteiger partial charge in [-0.3, -0.25) is 4.90 Å². The first kappa shape index (κ1) is 15.6. The van der Waals surface area contributed by atoms with Gasteiger partial charge in [0, 0.05) is 36.8 Å². The van der Waals surface area contributed by atoms with Crippen LogP contribution in [0.1, 0.15) is 27.7 Å². The SMILES string of the molecule is CC(C)N(CCNc1nccc2ccc(O)cc12)C(C)C. The number of nitrogens with one attached hydrogen (secondary N) is 1. The number of aromatic nitrogens is 1. The Bertz CT molecular complexity index is 588. The Hall–Kier alpha value is -1.81. The van der Waals surface area contributed by atoms with Gasteiger partial charge in [-0.05, 0) is 51.3 Å². The number of phenolic OH excluding ortho intramolecular Hbond substituents is 1. The largest absolute Gasteiger partial charge is 0.508 e. The maximum Gasteiger partial charge on any atom is 0.133 e. The van der Waals surface area contributed by atoms with Crippen LogP contribution in [0.4, 0.5) is 5.82 Å². The summed E-state index contributed by atoms with van der Waals surface area (Å²) in [6, 6.07) is 8.37. The highest BCUT2D eigenvalue weighted by molar-refractivity contribution is 5.92. The molecule has 2 aromatic rings. The Morgan fingerprint density at radius 3 is 2.52 bits per heavy atom. The fourth-order valence-electron chi connectivity index (χ4n) is 2.71. The van der Waals surface area contributed by atoms with Crippen molar-refractivity contribution >= 4 is 16.6 Å². The molecule has 0 amide bonds. The summed E-state index contributed by atoms with van der Waals surface area (Å²) in [7, 11) is 0. The molecule has 0 aliphatic rings. The molecule has 0 fully saturated rings. The minimum atomic E-state index is 0.268. The topological polar surface area (TPSA) is 48.4 Å². The highest BCUT2D eigenvalue weighted by Gasteiger charge is 2.12. The van der Waals surface area contributed by atoms with Crippen LogP contribution in [-0.4, -0.2) is 40.2 Å². The second-order valence-corrected chi connectivity index (χ2v) is 5.92. The molecule has 0 aliphatic heterocycles. The third kappa shape index (κ3) is 3.85. The first-order valence-electron chi connectivity index (χ1n) is 7.56. The van der Waals surface area contributed by atoms with Crippen LogP contribution in [0.5, 0.6) is 5.75 Å². The van der Waals surface area contributed by atoms with Gasteiger partial charge in [0.15, 0.2) is 0 Å². The lowest BCUT2D eigenvalue weighted by atomic mass is 10.1. The van der Waals surface area contributed by atoms with Crippen molar-refractivity contribution < 1.29 is 5.11 Å². The van der Waals surface area contributed by atoms with E-state index in [2.05, 4.69) is 42.9 Å². The van der Waals surface area contributed by atoms with Gasteiger partial charge in [-0.1, -0.05) is 6.07 Å². The molecule has 2 rings (SSSR count). The van der Waals surface area contributed by atoms with Gasteiger partial charge in [-0.15, -0.1) is 0 Å². The summed E-state index contributed by atoms with van der Waals surface area (Å²) in [5.41, 5.74) is 0. The zero-order chi connectivity index (χ0) is 15.4. The van der Waals surface area contributed by atoms with E-state index in [1.807, 2.05) is 12.1 Å². The molecule has 0 saturated heterocycles. The van der Waals surface area contributed by atoms with Gasteiger partial charge < -0.3 is 10.4 Å². The number of benzene rings is 1. The summed E-state index contributed by atoms with van der Waals surface area (Å²) < 4.78 is 0. The second-order valence-electron chi connectivity index (χ2n) is 5.92. The summed E-state index contributed by atoms with van der Waals surface area (Å²) in [5.74, 6) is 1.10. The van der Waals surface area contributed by atoms with E-state index in [-0.39, 0.29) is 5.75 Å². The Kier molecular flexibility index (Phi) is 5.02. The van der Waals surface area contributed by atoms with Crippen molar-refractivity contribution in [3.8, 4) is 5.75 Å². The van der Waals surface area contributed by atoms with Gasteiger partial charge >= 0.3 is 0 Å². The molecule has 0 radical (unpaired) electrons. The number of fused-ring (bicyclic) bond motifs is 1. The number of hydrogen-bond donors (Lipinski definition) is 2. The lowest BCUT2D eigenvalue weighted by Gasteiger charge is -2.30. The molecule has 0 saturated carbocycles. The average Bonchev–Trinajstić information content (AvgIpc) is 2.42. The van der Waals surface area contributed by atoms with E-state index in [1.54, 1.807) is 18.3 Å². The lowest BCUT2D eigenvalue weighted by molar-refractivity contribution is 0.182. The predicted octanol–water partition coefficient (Wildman–Crippen LogP) is 3.47. The van der Waals surface area contributed by atoms with E-state index in [0.717, 1.165) is 29.7 Å². The molecule has 0 bridgehead atoms. The lowest BCUT2D eigenvalue weighted by Crippen LogP contribution is -2.40. The fourth-order valence-corrected chi connectivity index (χ4v) is 2.71. The minimum Gasteiger partial charge on any atom is -0.508 e. The standard InChI is InChI=1S/C17H25N3O/c1-12(2)20(13(3)4)10-9-19-17-16-11-15(21)6-5-14(16)7-8-18-17/h5-8,11-13,21H,9-10H2,1-4H3,(H,18,19). The van der Waals surface area contributed by atoms with Gasteiger partial charge in [0.05, 0.1) is 0 Å². The van der Waals surface area contributed by atoms with E-state index < -0.39 is 0 Å². The maximum atomic E-state index is 9.65. The molecule has 0 atom stereocenters. The highest BCUT2D eigenvalue weighted by Crippen LogP contribution is 2.24. The van der Waals surface area contributed by atoms with Crippen molar-refractivity contribution in [1.29, 1.82) is 0 Å². The van der Waals surface area contributed by atoms with Gasteiger partial charge in [0.25, 0.3) is 0 Å². The monoisotopic (exact) mass is 287 g/mol. The molecule has 0 unspecified atom stereocenters. The molecule has 0 aliphatic carbocycles. The number of nitrogens with zero attached hydrogens (tertiary/aromatic N) is 2. The van der Waals surface area contributed by atoms with Gasteiger partial charge in [-0.2, -0.15) is 0 Å². The summed E-state index contributed by atoms with van der Waals surface area (Å²) in [6.07, 6.45) is 1.80. The van der Waals surface area contributed by atoms with Crippen LogP contribution in [0, 0.1) is 0 Å². The first-order chi connectivity index (χ1) is 9.99. The van der Waals surface area contributed by atoms with Gasteiger partial charge in [0.2, 0.25) is 0 Å². The number of hydrogen-bond acceptors (Lipinski definition) is 4. The summed E-state index contributed by atoms with van der Waals surface area (Å²) in [4.78, 5) is 6.83. The van der Waals surface area contributed by atoms with E-state index >= 15 is 0 Å². The Morgan fingerprint density at radius 2 is 1.86 bits per heavy atom. The molecule has 114 valence electrons. The number of aromatic hydroxyl groups is 1. The fraction of sp³-hybridized carbons (Fsp3) is 0.471. The smallest absolute Gasteiger partial charge is 0.133 e. The van der Waals surface area contributed by atoms with E-state index in [1.165, 1.54) is 0 Å². The maximum absolute atomic E-state index is 9.65. The van der Waals surface area contributed by atoms with Crippen molar-refractivity contribution in [1.82, 2.24) is 9.88 Å². The second kappa shape index (κ2) is 6.76. The molecule has 1 aromatic heterocycles. The average molecular weight is 287 g/mol. The van der Waals surface area contributed by atoms with Crippen LogP contribution in [0.2, 0.25) is 0 Å². The predicted molar refractivity (Wildman–Crippen MR) is 88.9 cm³/mol. The van der Waals surface area contributed by atoms with E-state index in [9.17, 15) is 5.11 Å². The molecule has 1 aromatic carbocycles. The number of rotatable bonds is 6. The molecular formula is C17H25N3O. The Morgan fingerprint density at radius 1 is 1.14 bits per heavy atom. The molecule has 0 spiro atoms. The van der Waals surface area contributed by atoms with Gasteiger partial charge in [0.1, 0.15) is 11.6 Å². The quantitative estimate of drug-likeness (QED) is 0.854. The molecule has 21 heavy (non-hydrogen) atoms. The van der Waals surface area contributed by atoms with Crippen LogP contribution in [0.15, 0.2) is 30.5 Å². The van der Waals surface area contributed by atoms with Crippen LogP contribution in [-0.2, 0) is 0 Å². The molecule has 4 nitrogen and oxygen atoms in total. The molecule has 1 heterocycles. The van der Waals surface area contributed by atoms with Crippen molar-refractivity contribution in [2.45, 2.75) is 39.8 Å². The summed E-state index contributed by atoms with van der Waals surface area (Å²) in [5, 5.41) is 15.1. The van der Waals surface area contributed by atoms with E-state index in [0.29, 0.717) is 12.1 Å². The summed E-state index contributed by atoms with van der Waals surface area (Å²) >= 11 is 0. The first-order valence-corrected chi connectivity index (χ1v) is 7.56. The van der Waals surface area contributed by atoms with Crippen LogP contribution < -0.4 is 5.32 Å². The molecule has 4 heteroatoms. The molecule has 2 N–H and O–H groups in total. The number of anilines is 1. The summed E-state index contributed by atoms with van der Waals surface area (Å²) in [6.45, 7) is 10.7.